The van der Waals surface area contributed by atoms with E-state index < -0.39 is 18.9 Å². The summed E-state index contributed by atoms with van der Waals surface area (Å²) in [5.74, 6) is 0. The molecule has 0 radical (unpaired) electrons. The predicted octanol–water partition coefficient (Wildman–Crippen LogP) is 2.33. The molecular weight excluding hydrogens is 245 g/mol. The molecular formula is C12H15F3N2O. The van der Waals surface area contributed by atoms with Gasteiger partial charge >= 0.3 is 6.18 Å². The van der Waals surface area contributed by atoms with E-state index in [0.29, 0.717) is 18.7 Å². The van der Waals surface area contributed by atoms with Crippen molar-refractivity contribution in [2.75, 3.05) is 25.9 Å². The lowest BCUT2D eigenvalue weighted by atomic mass is 9.97. The Morgan fingerprint density at radius 2 is 2.17 bits per heavy atom. The van der Waals surface area contributed by atoms with Crippen LogP contribution < -0.4 is 5.73 Å². The van der Waals surface area contributed by atoms with Gasteiger partial charge in [-0.2, -0.15) is 13.2 Å². The zero-order valence-electron chi connectivity index (χ0n) is 10.00. The Morgan fingerprint density at radius 1 is 1.44 bits per heavy atom. The van der Waals surface area contributed by atoms with Crippen LogP contribution in [-0.2, 0) is 11.2 Å². The van der Waals surface area contributed by atoms with Crippen LogP contribution in [0.25, 0.3) is 0 Å². The Kier molecular flexibility index (Phi) is 3.49. The number of ether oxygens (including phenoxy) is 1. The topological polar surface area (TPSA) is 38.5 Å². The molecule has 100 valence electrons. The molecule has 0 saturated heterocycles. The summed E-state index contributed by atoms with van der Waals surface area (Å²) in [6, 6.07) is 5.22. The fraction of sp³-hybridized carbons (Fsp3) is 0.500. The van der Waals surface area contributed by atoms with Crippen molar-refractivity contribution in [1.82, 2.24) is 4.90 Å². The zero-order valence-corrected chi connectivity index (χ0v) is 10.00. The third kappa shape index (κ3) is 2.76. The summed E-state index contributed by atoms with van der Waals surface area (Å²) in [7, 11) is 1.42. The van der Waals surface area contributed by atoms with Gasteiger partial charge in [0.15, 0.2) is 0 Å². The van der Waals surface area contributed by atoms with Crippen molar-refractivity contribution < 1.29 is 17.9 Å². The van der Waals surface area contributed by atoms with Crippen LogP contribution in [0.2, 0.25) is 0 Å². The van der Waals surface area contributed by atoms with Gasteiger partial charge in [-0.25, -0.2) is 0 Å². The SMILES string of the molecule is COC1c2ccc(N)cc2CCN1CC(F)(F)F. The molecule has 0 fully saturated rings. The molecule has 1 aliphatic rings. The third-order valence-electron chi connectivity index (χ3n) is 3.04. The van der Waals surface area contributed by atoms with Crippen LogP contribution in [0.15, 0.2) is 18.2 Å². The summed E-state index contributed by atoms with van der Waals surface area (Å²) in [5.41, 5.74) is 8.01. The summed E-state index contributed by atoms with van der Waals surface area (Å²) in [5, 5.41) is 0. The number of halogens is 3. The largest absolute Gasteiger partial charge is 0.401 e. The smallest absolute Gasteiger partial charge is 0.399 e. The quantitative estimate of drug-likeness (QED) is 0.829. The summed E-state index contributed by atoms with van der Waals surface area (Å²) in [6.45, 7) is -0.649. The molecule has 1 aliphatic heterocycles. The second-order valence-corrected chi connectivity index (χ2v) is 4.38. The molecule has 1 aromatic rings. The van der Waals surface area contributed by atoms with Gasteiger partial charge in [0.05, 0.1) is 6.54 Å². The minimum absolute atomic E-state index is 0.314. The number of rotatable bonds is 2. The van der Waals surface area contributed by atoms with E-state index >= 15 is 0 Å². The minimum Gasteiger partial charge on any atom is -0.399 e. The Labute approximate surface area is 103 Å². The molecule has 1 unspecified atom stereocenters. The number of hydrogen-bond acceptors (Lipinski definition) is 3. The Bertz CT molecular complexity index is 434. The summed E-state index contributed by atoms with van der Waals surface area (Å²) in [4.78, 5) is 1.29. The normalized spacial score (nSPS) is 20.8. The number of alkyl halides is 3. The summed E-state index contributed by atoms with van der Waals surface area (Å²) >= 11 is 0. The average Bonchev–Trinajstić information content (AvgIpc) is 2.27. The van der Waals surface area contributed by atoms with Crippen LogP contribution in [0.3, 0.4) is 0 Å². The predicted molar refractivity (Wildman–Crippen MR) is 61.9 cm³/mol. The minimum atomic E-state index is -4.22. The van der Waals surface area contributed by atoms with Crippen molar-refractivity contribution >= 4 is 5.69 Å². The van der Waals surface area contributed by atoms with Gasteiger partial charge in [0.1, 0.15) is 6.23 Å². The lowest BCUT2D eigenvalue weighted by Crippen LogP contribution is -2.42. The molecule has 18 heavy (non-hydrogen) atoms. The maximum absolute atomic E-state index is 12.5. The van der Waals surface area contributed by atoms with E-state index in [4.69, 9.17) is 10.5 Å². The lowest BCUT2D eigenvalue weighted by Gasteiger charge is -2.36. The molecule has 6 heteroatoms. The number of anilines is 1. The number of nitrogen functional groups attached to an aromatic ring is 1. The van der Waals surface area contributed by atoms with Gasteiger partial charge in [-0.05, 0) is 29.7 Å². The van der Waals surface area contributed by atoms with Gasteiger partial charge in [0.25, 0.3) is 0 Å². The van der Waals surface area contributed by atoms with Gasteiger partial charge in [-0.15, -0.1) is 0 Å². The highest BCUT2D eigenvalue weighted by Gasteiger charge is 2.36. The molecule has 1 heterocycles. The fourth-order valence-electron chi connectivity index (χ4n) is 2.33. The standard InChI is InChI=1S/C12H15F3N2O/c1-18-11-10-3-2-9(16)6-8(10)4-5-17(11)7-12(13,14)15/h2-3,6,11H,4-5,7,16H2,1H3. The maximum atomic E-state index is 12.5. The van der Waals surface area contributed by atoms with Gasteiger partial charge in [-0.3, -0.25) is 4.90 Å². The van der Waals surface area contributed by atoms with Gasteiger partial charge in [0, 0.05) is 19.3 Å². The number of benzene rings is 1. The molecule has 0 aromatic heterocycles. The Balaban J connectivity index is 2.27. The fourth-order valence-corrected chi connectivity index (χ4v) is 2.33. The van der Waals surface area contributed by atoms with E-state index in [9.17, 15) is 13.2 Å². The van der Waals surface area contributed by atoms with E-state index in [1.165, 1.54) is 12.0 Å². The average molecular weight is 260 g/mol. The number of fused-ring (bicyclic) bond motifs is 1. The second-order valence-electron chi connectivity index (χ2n) is 4.38. The molecule has 3 nitrogen and oxygen atoms in total. The summed E-state index contributed by atoms with van der Waals surface area (Å²) in [6.07, 6.45) is -4.32. The number of methoxy groups -OCH3 is 1. The van der Waals surface area contributed by atoms with Crippen molar-refractivity contribution in [2.45, 2.75) is 18.8 Å². The highest BCUT2D eigenvalue weighted by atomic mass is 19.4. The van der Waals surface area contributed by atoms with Gasteiger partial charge in [-0.1, -0.05) is 6.07 Å². The molecule has 0 saturated carbocycles. The molecule has 1 aromatic carbocycles. The molecule has 2 rings (SSSR count). The number of nitrogens with zero attached hydrogens (tertiary/aromatic N) is 1. The van der Waals surface area contributed by atoms with Crippen LogP contribution in [0, 0.1) is 0 Å². The lowest BCUT2D eigenvalue weighted by molar-refractivity contribution is -0.173. The molecule has 0 amide bonds. The molecule has 1 atom stereocenters. The van der Waals surface area contributed by atoms with Crippen molar-refractivity contribution in [3.8, 4) is 0 Å². The van der Waals surface area contributed by atoms with Crippen molar-refractivity contribution in [3.63, 3.8) is 0 Å². The Morgan fingerprint density at radius 3 is 2.78 bits per heavy atom. The number of nitrogens with two attached hydrogens (primary N) is 1. The molecule has 0 aliphatic carbocycles. The molecule has 0 bridgehead atoms. The van der Waals surface area contributed by atoms with Crippen LogP contribution in [0.4, 0.5) is 18.9 Å². The van der Waals surface area contributed by atoms with E-state index in [1.54, 1.807) is 18.2 Å². The van der Waals surface area contributed by atoms with Crippen LogP contribution in [-0.4, -0.2) is 31.3 Å². The van der Waals surface area contributed by atoms with Crippen molar-refractivity contribution in [2.24, 2.45) is 0 Å². The summed E-state index contributed by atoms with van der Waals surface area (Å²) < 4.78 is 42.6. The van der Waals surface area contributed by atoms with Crippen LogP contribution in [0.5, 0.6) is 0 Å². The highest BCUT2D eigenvalue weighted by molar-refractivity contribution is 5.46. The molecule has 0 spiro atoms. The van der Waals surface area contributed by atoms with Crippen molar-refractivity contribution in [3.05, 3.63) is 29.3 Å². The zero-order chi connectivity index (χ0) is 13.3. The van der Waals surface area contributed by atoms with E-state index in [2.05, 4.69) is 0 Å². The maximum Gasteiger partial charge on any atom is 0.401 e. The first-order chi connectivity index (χ1) is 8.40. The first kappa shape index (κ1) is 13.2. The van der Waals surface area contributed by atoms with Gasteiger partial charge in [0.2, 0.25) is 0 Å². The first-order valence-electron chi connectivity index (χ1n) is 5.62. The van der Waals surface area contributed by atoms with E-state index in [0.717, 1.165) is 11.1 Å². The van der Waals surface area contributed by atoms with E-state index in [1.807, 2.05) is 0 Å². The Hall–Kier alpha value is -1.27. The van der Waals surface area contributed by atoms with Crippen LogP contribution in [0.1, 0.15) is 17.4 Å². The first-order valence-corrected chi connectivity index (χ1v) is 5.62. The highest BCUT2D eigenvalue weighted by Crippen LogP contribution is 2.33. The van der Waals surface area contributed by atoms with E-state index in [-0.39, 0.29) is 0 Å². The number of hydrogen-bond donors (Lipinski definition) is 1. The van der Waals surface area contributed by atoms with Gasteiger partial charge < -0.3 is 10.5 Å². The molecule has 2 N–H and O–H groups in total. The third-order valence-corrected chi connectivity index (χ3v) is 3.04. The monoisotopic (exact) mass is 260 g/mol. The van der Waals surface area contributed by atoms with Crippen molar-refractivity contribution in [1.29, 1.82) is 0 Å². The van der Waals surface area contributed by atoms with Crippen LogP contribution >= 0.6 is 0 Å². The second kappa shape index (κ2) is 4.78.